The van der Waals surface area contributed by atoms with Gasteiger partial charge in [0.2, 0.25) is 0 Å². The molecule has 0 bridgehead atoms. The number of hydrogen-bond acceptors (Lipinski definition) is 3. The summed E-state index contributed by atoms with van der Waals surface area (Å²) < 4.78 is 26.4. The molecule has 1 saturated carbocycles. The number of aromatic hydroxyl groups is 1. The molecule has 1 aliphatic carbocycles. The lowest BCUT2D eigenvalue weighted by molar-refractivity contribution is 0.394. The highest BCUT2D eigenvalue weighted by Gasteiger charge is 2.26. The average Bonchev–Trinajstić information content (AvgIpc) is 2.81. The molecule has 2 nitrogen and oxygen atoms in total. The van der Waals surface area contributed by atoms with Gasteiger partial charge in [-0.15, -0.1) is 0 Å². The van der Waals surface area contributed by atoms with Gasteiger partial charge in [-0.3, -0.25) is 0 Å². The number of phenolic OH excluding ortho intramolecular Hbond substituents is 1. The van der Waals surface area contributed by atoms with E-state index in [0.29, 0.717) is 23.4 Å². The standard InChI is InChI=1S/C14H19F2NOS/c1-2-19-13-5-3-4-12(13)17-8-9-6-10(15)14(18)11(16)7-9/h6-7,12-13,17-18H,2-5,8H2,1H3. The quantitative estimate of drug-likeness (QED) is 0.870. The Hall–Kier alpha value is -0.810. The summed E-state index contributed by atoms with van der Waals surface area (Å²) in [7, 11) is 0. The third-order valence-electron chi connectivity index (χ3n) is 3.48. The molecule has 0 aromatic heterocycles. The van der Waals surface area contributed by atoms with Crippen LogP contribution in [0.15, 0.2) is 12.1 Å². The van der Waals surface area contributed by atoms with Crippen molar-refractivity contribution in [1.82, 2.24) is 5.32 Å². The van der Waals surface area contributed by atoms with Gasteiger partial charge in [0.25, 0.3) is 0 Å². The predicted molar refractivity (Wildman–Crippen MR) is 74.4 cm³/mol. The fraction of sp³-hybridized carbons (Fsp3) is 0.571. The molecule has 2 rings (SSSR count). The summed E-state index contributed by atoms with van der Waals surface area (Å²) in [6.07, 6.45) is 3.52. The molecular formula is C14H19F2NOS. The minimum atomic E-state index is -0.900. The second kappa shape index (κ2) is 6.57. The molecule has 2 N–H and O–H groups in total. The van der Waals surface area contributed by atoms with E-state index in [4.69, 9.17) is 5.11 Å². The molecule has 1 aromatic rings. The van der Waals surface area contributed by atoms with Crippen LogP contribution in [0.1, 0.15) is 31.7 Å². The van der Waals surface area contributed by atoms with Gasteiger partial charge >= 0.3 is 0 Å². The third kappa shape index (κ3) is 3.60. The van der Waals surface area contributed by atoms with Crippen molar-refractivity contribution < 1.29 is 13.9 Å². The second-order valence-corrected chi connectivity index (χ2v) is 6.34. The molecule has 0 spiro atoms. The molecule has 2 atom stereocenters. The normalized spacial score (nSPS) is 22.9. The molecule has 0 amide bonds. The maximum atomic E-state index is 13.2. The number of hydrogen-bond donors (Lipinski definition) is 2. The summed E-state index contributed by atoms with van der Waals surface area (Å²) >= 11 is 1.94. The Bertz CT molecular complexity index is 418. The van der Waals surface area contributed by atoms with E-state index in [0.717, 1.165) is 12.2 Å². The molecule has 0 aliphatic heterocycles. The number of thioether (sulfide) groups is 1. The van der Waals surface area contributed by atoms with Gasteiger partial charge in [0.15, 0.2) is 17.4 Å². The smallest absolute Gasteiger partial charge is 0.187 e. The third-order valence-corrected chi connectivity index (χ3v) is 4.80. The van der Waals surface area contributed by atoms with Crippen molar-refractivity contribution in [1.29, 1.82) is 0 Å². The zero-order valence-corrected chi connectivity index (χ0v) is 11.8. The van der Waals surface area contributed by atoms with Crippen molar-refractivity contribution in [2.75, 3.05) is 5.75 Å². The number of rotatable bonds is 5. The van der Waals surface area contributed by atoms with Crippen LogP contribution in [0.25, 0.3) is 0 Å². The fourth-order valence-electron chi connectivity index (χ4n) is 2.54. The lowest BCUT2D eigenvalue weighted by atomic mass is 10.1. The van der Waals surface area contributed by atoms with Crippen molar-refractivity contribution in [3.05, 3.63) is 29.3 Å². The highest BCUT2D eigenvalue weighted by Crippen LogP contribution is 2.30. The van der Waals surface area contributed by atoms with Gasteiger partial charge in [-0.2, -0.15) is 11.8 Å². The molecule has 5 heteroatoms. The molecule has 1 fully saturated rings. The molecule has 106 valence electrons. The Balaban J connectivity index is 1.95. The van der Waals surface area contributed by atoms with Crippen molar-refractivity contribution in [3.8, 4) is 5.75 Å². The molecule has 1 aromatic carbocycles. The molecule has 0 radical (unpaired) electrons. The molecule has 2 unspecified atom stereocenters. The van der Waals surface area contributed by atoms with Crippen LogP contribution in [0, 0.1) is 11.6 Å². The van der Waals surface area contributed by atoms with Gasteiger partial charge in [0.1, 0.15) is 0 Å². The summed E-state index contributed by atoms with van der Waals surface area (Å²) in [5.74, 6) is -1.61. The van der Waals surface area contributed by atoms with Crippen LogP contribution in [0.2, 0.25) is 0 Å². The second-order valence-electron chi connectivity index (χ2n) is 4.82. The highest BCUT2D eigenvalue weighted by atomic mass is 32.2. The summed E-state index contributed by atoms with van der Waals surface area (Å²) in [5.41, 5.74) is 0.528. The number of phenols is 1. The van der Waals surface area contributed by atoms with Crippen LogP contribution in [0.3, 0.4) is 0 Å². The predicted octanol–water partition coefficient (Wildman–Crippen LogP) is 3.43. The summed E-state index contributed by atoms with van der Waals surface area (Å²) in [4.78, 5) is 0. The lowest BCUT2D eigenvalue weighted by Gasteiger charge is -2.20. The zero-order valence-electron chi connectivity index (χ0n) is 11.0. The molecular weight excluding hydrogens is 268 g/mol. The largest absolute Gasteiger partial charge is 0.503 e. The first-order valence-corrected chi connectivity index (χ1v) is 7.68. The van der Waals surface area contributed by atoms with E-state index in [1.807, 2.05) is 11.8 Å². The Morgan fingerprint density at radius 1 is 1.32 bits per heavy atom. The Morgan fingerprint density at radius 3 is 2.63 bits per heavy atom. The summed E-state index contributed by atoms with van der Waals surface area (Å²) in [6.45, 7) is 2.57. The highest BCUT2D eigenvalue weighted by molar-refractivity contribution is 7.99. The van der Waals surface area contributed by atoms with E-state index in [2.05, 4.69) is 12.2 Å². The maximum Gasteiger partial charge on any atom is 0.187 e. The van der Waals surface area contributed by atoms with E-state index in [-0.39, 0.29) is 0 Å². The first-order valence-electron chi connectivity index (χ1n) is 6.63. The number of halogens is 2. The van der Waals surface area contributed by atoms with E-state index < -0.39 is 17.4 Å². The minimum Gasteiger partial charge on any atom is -0.503 e. The summed E-state index contributed by atoms with van der Waals surface area (Å²) in [6, 6.07) is 2.77. The van der Waals surface area contributed by atoms with Crippen LogP contribution < -0.4 is 5.32 Å². The molecule has 1 aliphatic rings. The van der Waals surface area contributed by atoms with Crippen molar-refractivity contribution >= 4 is 11.8 Å². The Morgan fingerprint density at radius 2 is 2.00 bits per heavy atom. The molecule has 0 saturated heterocycles. The first kappa shape index (κ1) is 14.6. The van der Waals surface area contributed by atoms with Gasteiger partial charge in [0, 0.05) is 17.8 Å². The topological polar surface area (TPSA) is 32.3 Å². The fourth-order valence-corrected chi connectivity index (χ4v) is 3.77. The van der Waals surface area contributed by atoms with Crippen LogP contribution in [-0.4, -0.2) is 22.2 Å². The van der Waals surface area contributed by atoms with E-state index in [1.54, 1.807) is 0 Å². The Labute approximate surface area is 116 Å². The van der Waals surface area contributed by atoms with Gasteiger partial charge in [-0.05, 0) is 36.3 Å². The van der Waals surface area contributed by atoms with Gasteiger partial charge in [0.05, 0.1) is 0 Å². The number of nitrogens with one attached hydrogen (secondary N) is 1. The van der Waals surface area contributed by atoms with E-state index >= 15 is 0 Å². The van der Waals surface area contributed by atoms with Gasteiger partial charge in [-0.1, -0.05) is 13.3 Å². The SMILES string of the molecule is CCSC1CCCC1NCc1cc(F)c(O)c(F)c1. The molecule has 0 heterocycles. The van der Waals surface area contributed by atoms with Crippen LogP contribution in [-0.2, 0) is 6.54 Å². The van der Waals surface area contributed by atoms with Crippen molar-refractivity contribution in [2.24, 2.45) is 0 Å². The Kier molecular flexibility index (Phi) is 5.05. The van der Waals surface area contributed by atoms with Crippen LogP contribution in [0.4, 0.5) is 8.78 Å². The lowest BCUT2D eigenvalue weighted by Crippen LogP contribution is -2.33. The van der Waals surface area contributed by atoms with Crippen molar-refractivity contribution in [2.45, 2.75) is 44.0 Å². The minimum absolute atomic E-state index is 0.407. The van der Waals surface area contributed by atoms with Gasteiger partial charge in [-0.25, -0.2) is 8.78 Å². The van der Waals surface area contributed by atoms with Crippen molar-refractivity contribution in [3.63, 3.8) is 0 Å². The number of benzene rings is 1. The molecule has 19 heavy (non-hydrogen) atoms. The first-order chi connectivity index (χ1) is 9.11. The maximum absolute atomic E-state index is 13.2. The monoisotopic (exact) mass is 287 g/mol. The van der Waals surface area contributed by atoms with Gasteiger partial charge < -0.3 is 10.4 Å². The van der Waals surface area contributed by atoms with Crippen LogP contribution in [0.5, 0.6) is 5.75 Å². The van der Waals surface area contributed by atoms with Crippen LogP contribution >= 0.6 is 11.8 Å². The summed E-state index contributed by atoms with van der Waals surface area (Å²) in [5, 5.41) is 13.0. The van der Waals surface area contributed by atoms with E-state index in [9.17, 15) is 8.78 Å². The van der Waals surface area contributed by atoms with E-state index in [1.165, 1.54) is 25.0 Å². The zero-order chi connectivity index (χ0) is 13.8. The average molecular weight is 287 g/mol.